The second-order valence-corrected chi connectivity index (χ2v) is 6.37. The number of H-pyrrole nitrogens is 1. The fourth-order valence-corrected chi connectivity index (χ4v) is 3.58. The molecule has 3 N–H and O–H groups in total. The standard InChI is InChI=1S/C16H23N3O2/c1-10-6-11(8-17)9-19(10)16(21)13-7-12-4-2-3-5-14(12)18-15(13)20/h7,10-11H,2-6,8-9,17H2,1H3,(H,18,20). The fraction of sp³-hybridized carbons (Fsp3) is 0.625. The normalized spacial score (nSPS) is 25.0. The molecular formula is C16H23N3O2. The molecule has 21 heavy (non-hydrogen) atoms. The van der Waals surface area contributed by atoms with Gasteiger partial charge in [0.15, 0.2) is 0 Å². The van der Waals surface area contributed by atoms with Gasteiger partial charge in [-0.3, -0.25) is 9.59 Å². The molecule has 2 atom stereocenters. The summed E-state index contributed by atoms with van der Waals surface area (Å²) in [5.41, 5.74) is 7.90. The molecule has 1 amide bonds. The molecule has 0 spiro atoms. The van der Waals surface area contributed by atoms with E-state index in [-0.39, 0.29) is 17.5 Å². The van der Waals surface area contributed by atoms with Crippen LogP contribution < -0.4 is 11.3 Å². The predicted octanol–water partition coefficient (Wildman–Crippen LogP) is 1.06. The summed E-state index contributed by atoms with van der Waals surface area (Å²) in [5.74, 6) is 0.203. The van der Waals surface area contributed by atoms with E-state index in [2.05, 4.69) is 4.98 Å². The van der Waals surface area contributed by atoms with Gasteiger partial charge in [0.1, 0.15) is 5.56 Å². The van der Waals surface area contributed by atoms with Crippen LogP contribution in [-0.4, -0.2) is 34.9 Å². The van der Waals surface area contributed by atoms with Crippen LogP contribution in [0, 0.1) is 5.92 Å². The van der Waals surface area contributed by atoms with Crippen molar-refractivity contribution in [3.8, 4) is 0 Å². The number of hydrogen-bond donors (Lipinski definition) is 2. The average molecular weight is 289 g/mol. The van der Waals surface area contributed by atoms with Gasteiger partial charge in [0.05, 0.1) is 0 Å². The van der Waals surface area contributed by atoms with Gasteiger partial charge >= 0.3 is 0 Å². The van der Waals surface area contributed by atoms with E-state index in [0.29, 0.717) is 24.6 Å². The maximum absolute atomic E-state index is 12.7. The molecule has 0 saturated carbocycles. The van der Waals surface area contributed by atoms with Gasteiger partial charge in [0.2, 0.25) is 0 Å². The molecule has 0 aromatic carbocycles. The number of carbonyl (C=O) groups excluding carboxylic acids is 1. The molecule has 5 nitrogen and oxygen atoms in total. The molecule has 1 aliphatic heterocycles. The van der Waals surface area contributed by atoms with Gasteiger partial charge in [-0.05, 0) is 63.1 Å². The molecule has 3 rings (SSSR count). The van der Waals surface area contributed by atoms with E-state index in [1.165, 1.54) is 0 Å². The van der Waals surface area contributed by atoms with Crippen LogP contribution in [0.2, 0.25) is 0 Å². The molecule has 5 heteroatoms. The molecule has 2 unspecified atom stereocenters. The Kier molecular flexibility index (Phi) is 3.85. The van der Waals surface area contributed by atoms with Crippen molar-refractivity contribution in [3.05, 3.63) is 33.2 Å². The van der Waals surface area contributed by atoms with Gasteiger partial charge < -0.3 is 15.6 Å². The van der Waals surface area contributed by atoms with Gasteiger partial charge in [0.25, 0.3) is 11.5 Å². The summed E-state index contributed by atoms with van der Waals surface area (Å²) in [4.78, 5) is 29.6. The van der Waals surface area contributed by atoms with Gasteiger partial charge in [-0.15, -0.1) is 0 Å². The number of aryl methyl sites for hydroxylation is 2. The van der Waals surface area contributed by atoms with Gasteiger partial charge in [0, 0.05) is 18.3 Å². The Balaban J connectivity index is 1.90. The number of fused-ring (bicyclic) bond motifs is 1. The van der Waals surface area contributed by atoms with Crippen LogP contribution in [0.25, 0.3) is 0 Å². The lowest BCUT2D eigenvalue weighted by molar-refractivity contribution is 0.0741. The molecule has 1 aromatic heterocycles. The summed E-state index contributed by atoms with van der Waals surface area (Å²) in [7, 11) is 0. The van der Waals surface area contributed by atoms with Crippen molar-refractivity contribution >= 4 is 5.91 Å². The smallest absolute Gasteiger partial charge is 0.261 e. The molecule has 1 fully saturated rings. The summed E-state index contributed by atoms with van der Waals surface area (Å²) in [6, 6.07) is 1.97. The average Bonchev–Trinajstić information content (AvgIpc) is 2.87. The van der Waals surface area contributed by atoms with Crippen molar-refractivity contribution in [3.63, 3.8) is 0 Å². The third-order valence-electron chi connectivity index (χ3n) is 4.82. The van der Waals surface area contributed by atoms with Crippen molar-refractivity contribution in [1.82, 2.24) is 9.88 Å². The van der Waals surface area contributed by atoms with Crippen LogP contribution in [0.3, 0.4) is 0 Å². The number of pyridine rings is 1. The number of hydrogen-bond acceptors (Lipinski definition) is 3. The lowest BCUT2D eigenvalue weighted by atomic mass is 9.95. The van der Waals surface area contributed by atoms with E-state index >= 15 is 0 Å². The highest BCUT2D eigenvalue weighted by Gasteiger charge is 2.33. The predicted molar refractivity (Wildman–Crippen MR) is 81.4 cm³/mol. The molecule has 1 aromatic rings. The van der Waals surface area contributed by atoms with Crippen LogP contribution >= 0.6 is 0 Å². The van der Waals surface area contributed by atoms with Crippen molar-refractivity contribution in [2.75, 3.05) is 13.1 Å². The summed E-state index contributed by atoms with van der Waals surface area (Å²) in [6.45, 7) is 3.28. The van der Waals surface area contributed by atoms with Crippen LogP contribution in [0.4, 0.5) is 0 Å². The first-order valence-electron chi connectivity index (χ1n) is 7.86. The summed E-state index contributed by atoms with van der Waals surface area (Å²) < 4.78 is 0. The third kappa shape index (κ3) is 2.62. The Bertz CT molecular complexity index is 608. The van der Waals surface area contributed by atoms with Gasteiger partial charge in [-0.25, -0.2) is 0 Å². The van der Waals surface area contributed by atoms with Crippen molar-refractivity contribution < 1.29 is 4.79 Å². The van der Waals surface area contributed by atoms with Crippen LogP contribution in [0.1, 0.15) is 47.8 Å². The summed E-state index contributed by atoms with van der Waals surface area (Å²) >= 11 is 0. The summed E-state index contributed by atoms with van der Waals surface area (Å²) in [5, 5.41) is 0. The molecule has 0 radical (unpaired) electrons. The molecular weight excluding hydrogens is 266 g/mol. The summed E-state index contributed by atoms with van der Waals surface area (Å²) in [6.07, 6.45) is 5.02. The maximum atomic E-state index is 12.7. The number of nitrogens with two attached hydrogens (primary N) is 1. The van der Waals surface area contributed by atoms with Crippen LogP contribution in [0.5, 0.6) is 0 Å². The highest BCUT2D eigenvalue weighted by molar-refractivity contribution is 5.94. The fourth-order valence-electron chi connectivity index (χ4n) is 3.58. The van der Waals surface area contributed by atoms with Crippen LogP contribution in [-0.2, 0) is 12.8 Å². The minimum absolute atomic E-state index is 0.145. The Hall–Kier alpha value is -1.62. The number of carbonyl (C=O) groups is 1. The SMILES string of the molecule is CC1CC(CN)CN1C(=O)c1cc2c([nH]c1=O)CCCC2. The number of rotatable bonds is 2. The minimum atomic E-state index is -0.246. The number of amides is 1. The van der Waals surface area contributed by atoms with E-state index in [0.717, 1.165) is 43.4 Å². The van der Waals surface area contributed by atoms with Crippen molar-refractivity contribution in [2.24, 2.45) is 11.7 Å². The molecule has 114 valence electrons. The lowest BCUT2D eigenvalue weighted by Crippen LogP contribution is -2.38. The molecule has 0 bridgehead atoms. The second-order valence-electron chi connectivity index (χ2n) is 6.37. The van der Waals surface area contributed by atoms with E-state index in [1.807, 2.05) is 13.0 Å². The number of nitrogens with zero attached hydrogens (tertiary/aromatic N) is 1. The topological polar surface area (TPSA) is 79.2 Å². The van der Waals surface area contributed by atoms with Gasteiger partial charge in [-0.1, -0.05) is 0 Å². The highest BCUT2D eigenvalue weighted by Crippen LogP contribution is 2.24. The first-order chi connectivity index (χ1) is 10.1. The lowest BCUT2D eigenvalue weighted by Gasteiger charge is -2.22. The van der Waals surface area contributed by atoms with E-state index in [1.54, 1.807) is 4.90 Å². The Morgan fingerprint density at radius 3 is 2.90 bits per heavy atom. The van der Waals surface area contributed by atoms with E-state index in [9.17, 15) is 9.59 Å². The zero-order chi connectivity index (χ0) is 15.0. The van der Waals surface area contributed by atoms with Gasteiger partial charge in [-0.2, -0.15) is 0 Å². The monoisotopic (exact) mass is 289 g/mol. The first-order valence-corrected chi connectivity index (χ1v) is 7.86. The number of likely N-dealkylation sites (tertiary alicyclic amines) is 1. The Labute approximate surface area is 124 Å². The molecule has 2 aliphatic rings. The maximum Gasteiger partial charge on any atom is 0.261 e. The minimum Gasteiger partial charge on any atom is -0.335 e. The number of aromatic nitrogens is 1. The largest absolute Gasteiger partial charge is 0.335 e. The quantitative estimate of drug-likeness (QED) is 0.854. The molecule has 2 heterocycles. The Morgan fingerprint density at radius 2 is 2.19 bits per heavy atom. The second kappa shape index (κ2) is 5.64. The van der Waals surface area contributed by atoms with E-state index in [4.69, 9.17) is 5.73 Å². The highest BCUT2D eigenvalue weighted by atomic mass is 16.2. The number of aromatic amines is 1. The third-order valence-corrected chi connectivity index (χ3v) is 4.82. The Morgan fingerprint density at radius 1 is 1.43 bits per heavy atom. The van der Waals surface area contributed by atoms with Crippen molar-refractivity contribution in [1.29, 1.82) is 0 Å². The molecule has 1 saturated heterocycles. The zero-order valence-electron chi connectivity index (χ0n) is 12.5. The van der Waals surface area contributed by atoms with Crippen LogP contribution in [0.15, 0.2) is 10.9 Å². The first kappa shape index (κ1) is 14.3. The zero-order valence-corrected chi connectivity index (χ0v) is 12.5. The molecule has 1 aliphatic carbocycles. The van der Waals surface area contributed by atoms with E-state index < -0.39 is 0 Å². The van der Waals surface area contributed by atoms with Crippen molar-refractivity contribution in [2.45, 2.75) is 45.1 Å². The number of nitrogens with one attached hydrogen (secondary N) is 1.